The van der Waals surface area contributed by atoms with Gasteiger partial charge in [0.1, 0.15) is 0 Å². The highest BCUT2D eigenvalue weighted by atomic mass is 35.7. The minimum absolute atomic E-state index is 0.0919. The summed E-state index contributed by atoms with van der Waals surface area (Å²) < 4.78 is 32.2. The smallest absolute Gasteiger partial charge is 0.232 e. The average Bonchev–Trinajstić information content (AvgIpc) is 2.25. The molecule has 0 aliphatic heterocycles. The molecule has 1 rings (SSSR count). The molecule has 0 aromatic heterocycles. The van der Waals surface area contributed by atoms with Crippen molar-refractivity contribution in [2.24, 2.45) is 0 Å². The number of para-hydroxylation sites is 2. The molecular formula is C11H15ClO4S. The highest BCUT2D eigenvalue weighted by Crippen LogP contribution is 2.26. The number of ether oxygens (including phenoxy) is 2. The van der Waals surface area contributed by atoms with E-state index in [0.717, 1.165) is 0 Å². The first kappa shape index (κ1) is 14.1. The zero-order chi connectivity index (χ0) is 12.7. The van der Waals surface area contributed by atoms with Crippen molar-refractivity contribution in [2.45, 2.75) is 13.3 Å². The van der Waals surface area contributed by atoms with E-state index in [0.29, 0.717) is 24.5 Å². The Labute approximate surface area is 106 Å². The van der Waals surface area contributed by atoms with Crippen LogP contribution in [0.5, 0.6) is 11.5 Å². The van der Waals surface area contributed by atoms with Crippen molar-refractivity contribution in [3.05, 3.63) is 24.3 Å². The van der Waals surface area contributed by atoms with E-state index in [2.05, 4.69) is 0 Å². The van der Waals surface area contributed by atoms with Crippen LogP contribution in [0.15, 0.2) is 24.3 Å². The highest BCUT2D eigenvalue weighted by Gasteiger charge is 2.06. The third-order valence-electron chi connectivity index (χ3n) is 1.94. The van der Waals surface area contributed by atoms with Crippen molar-refractivity contribution in [2.75, 3.05) is 19.0 Å². The normalized spacial score (nSPS) is 11.2. The fraction of sp³-hybridized carbons (Fsp3) is 0.455. The van der Waals surface area contributed by atoms with Gasteiger partial charge in [0.05, 0.1) is 19.0 Å². The van der Waals surface area contributed by atoms with Crippen molar-refractivity contribution in [3.63, 3.8) is 0 Å². The van der Waals surface area contributed by atoms with E-state index in [1.54, 1.807) is 12.1 Å². The van der Waals surface area contributed by atoms with Crippen LogP contribution in [-0.4, -0.2) is 27.4 Å². The second-order valence-electron chi connectivity index (χ2n) is 3.32. The molecule has 17 heavy (non-hydrogen) atoms. The molecule has 0 bridgehead atoms. The van der Waals surface area contributed by atoms with E-state index in [1.807, 2.05) is 19.1 Å². The summed E-state index contributed by atoms with van der Waals surface area (Å²) in [5.74, 6) is 1.18. The lowest BCUT2D eigenvalue weighted by atomic mass is 10.3. The third kappa shape index (κ3) is 5.79. The van der Waals surface area contributed by atoms with Crippen molar-refractivity contribution in [1.82, 2.24) is 0 Å². The summed E-state index contributed by atoms with van der Waals surface area (Å²) in [6, 6.07) is 7.26. The Morgan fingerprint density at radius 2 is 1.76 bits per heavy atom. The maximum absolute atomic E-state index is 10.7. The van der Waals surface area contributed by atoms with Crippen molar-refractivity contribution < 1.29 is 17.9 Å². The molecule has 0 aliphatic carbocycles. The first-order valence-electron chi connectivity index (χ1n) is 5.30. The summed E-state index contributed by atoms with van der Waals surface area (Å²) in [6.07, 6.45) is 0.353. The molecule has 0 amide bonds. The van der Waals surface area contributed by atoms with Crippen LogP contribution in [0.25, 0.3) is 0 Å². The number of rotatable bonds is 7. The molecule has 0 aliphatic rings. The van der Waals surface area contributed by atoms with Gasteiger partial charge in [-0.3, -0.25) is 0 Å². The molecule has 6 heteroatoms. The molecule has 0 atom stereocenters. The molecule has 0 saturated heterocycles. The van der Waals surface area contributed by atoms with Gasteiger partial charge in [-0.2, -0.15) is 0 Å². The van der Waals surface area contributed by atoms with E-state index < -0.39 is 9.05 Å². The second-order valence-corrected chi connectivity index (χ2v) is 6.22. The fourth-order valence-corrected chi connectivity index (χ4v) is 2.05. The summed E-state index contributed by atoms with van der Waals surface area (Å²) in [5.41, 5.74) is 0. The summed E-state index contributed by atoms with van der Waals surface area (Å²) in [6.45, 7) is 2.73. The van der Waals surface area contributed by atoms with Gasteiger partial charge in [-0.25, -0.2) is 8.42 Å². The molecule has 0 radical (unpaired) electrons. The minimum Gasteiger partial charge on any atom is -0.490 e. The first-order chi connectivity index (χ1) is 8.03. The molecule has 0 saturated carbocycles. The lowest BCUT2D eigenvalue weighted by molar-refractivity contribution is 0.277. The van der Waals surface area contributed by atoms with Gasteiger partial charge in [-0.1, -0.05) is 12.1 Å². The number of hydrogen-bond donors (Lipinski definition) is 0. The third-order valence-corrected chi connectivity index (χ3v) is 3.18. The minimum atomic E-state index is -3.44. The van der Waals surface area contributed by atoms with Crippen LogP contribution in [-0.2, 0) is 9.05 Å². The van der Waals surface area contributed by atoms with Gasteiger partial charge in [0, 0.05) is 10.7 Å². The Kier molecular flexibility index (Phi) is 5.58. The first-order valence-corrected chi connectivity index (χ1v) is 7.77. The van der Waals surface area contributed by atoms with Gasteiger partial charge in [-0.05, 0) is 25.5 Å². The van der Waals surface area contributed by atoms with Crippen LogP contribution >= 0.6 is 10.7 Å². The summed E-state index contributed by atoms with van der Waals surface area (Å²) in [7, 11) is 1.65. The zero-order valence-electron chi connectivity index (χ0n) is 9.56. The lowest BCUT2D eigenvalue weighted by Gasteiger charge is -2.10. The van der Waals surface area contributed by atoms with Crippen LogP contribution in [0.4, 0.5) is 0 Å². The SMILES string of the molecule is CCOc1ccccc1OCCCS(=O)(=O)Cl. The monoisotopic (exact) mass is 278 g/mol. The Bertz CT molecular complexity index is 445. The zero-order valence-corrected chi connectivity index (χ0v) is 11.1. The van der Waals surface area contributed by atoms with E-state index >= 15 is 0 Å². The lowest BCUT2D eigenvalue weighted by Crippen LogP contribution is -2.05. The molecule has 0 unspecified atom stereocenters. The van der Waals surface area contributed by atoms with Crippen LogP contribution in [0, 0.1) is 0 Å². The van der Waals surface area contributed by atoms with Crippen LogP contribution < -0.4 is 9.47 Å². The molecule has 0 fully saturated rings. The van der Waals surface area contributed by atoms with Crippen molar-refractivity contribution in [3.8, 4) is 11.5 Å². The van der Waals surface area contributed by atoms with Crippen LogP contribution in [0.1, 0.15) is 13.3 Å². The number of benzene rings is 1. The van der Waals surface area contributed by atoms with Crippen LogP contribution in [0.3, 0.4) is 0 Å². The van der Waals surface area contributed by atoms with Gasteiger partial charge < -0.3 is 9.47 Å². The summed E-state index contributed by atoms with van der Waals surface area (Å²) >= 11 is 0. The predicted octanol–water partition coefficient (Wildman–Crippen LogP) is 2.42. The van der Waals surface area contributed by atoms with E-state index in [9.17, 15) is 8.42 Å². The predicted molar refractivity (Wildman–Crippen MR) is 67.4 cm³/mol. The van der Waals surface area contributed by atoms with Gasteiger partial charge in [0.25, 0.3) is 0 Å². The maximum Gasteiger partial charge on any atom is 0.232 e. The number of hydrogen-bond acceptors (Lipinski definition) is 4. The fourth-order valence-electron chi connectivity index (χ4n) is 1.26. The second kappa shape index (κ2) is 6.71. The van der Waals surface area contributed by atoms with Crippen molar-refractivity contribution >= 4 is 19.7 Å². The summed E-state index contributed by atoms with van der Waals surface area (Å²) in [4.78, 5) is 0. The van der Waals surface area contributed by atoms with E-state index in [4.69, 9.17) is 20.2 Å². The number of halogens is 1. The Hall–Kier alpha value is -0.940. The Morgan fingerprint density at radius 1 is 1.18 bits per heavy atom. The van der Waals surface area contributed by atoms with E-state index in [-0.39, 0.29) is 12.4 Å². The van der Waals surface area contributed by atoms with Gasteiger partial charge in [0.15, 0.2) is 11.5 Å². The molecule has 4 nitrogen and oxygen atoms in total. The maximum atomic E-state index is 10.7. The Balaban J connectivity index is 2.46. The van der Waals surface area contributed by atoms with Gasteiger partial charge in [-0.15, -0.1) is 0 Å². The Morgan fingerprint density at radius 3 is 2.29 bits per heavy atom. The van der Waals surface area contributed by atoms with E-state index in [1.165, 1.54) is 0 Å². The average molecular weight is 279 g/mol. The molecule has 1 aromatic carbocycles. The van der Waals surface area contributed by atoms with Crippen LogP contribution in [0.2, 0.25) is 0 Å². The van der Waals surface area contributed by atoms with Gasteiger partial charge >= 0.3 is 0 Å². The molecule has 96 valence electrons. The molecule has 0 spiro atoms. The topological polar surface area (TPSA) is 52.6 Å². The van der Waals surface area contributed by atoms with Gasteiger partial charge in [0.2, 0.25) is 9.05 Å². The largest absolute Gasteiger partial charge is 0.490 e. The standard InChI is InChI=1S/C11H15ClO4S/c1-2-15-10-6-3-4-7-11(10)16-8-5-9-17(12,13)14/h3-4,6-7H,2,5,8-9H2,1H3. The molecule has 1 aromatic rings. The van der Waals surface area contributed by atoms with Crippen molar-refractivity contribution in [1.29, 1.82) is 0 Å². The summed E-state index contributed by atoms with van der Waals surface area (Å²) in [5, 5.41) is 0. The quantitative estimate of drug-likeness (QED) is 0.568. The molecular weight excluding hydrogens is 264 g/mol. The molecule has 0 heterocycles. The highest BCUT2D eigenvalue weighted by molar-refractivity contribution is 8.13. The molecule has 0 N–H and O–H groups in total.